The lowest BCUT2D eigenvalue weighted by Crippen LogP contribution is -2.04. The van der Waals surface area contributed by atoms with Crippen molar-refractivity contribution >= 4 is 5.97 Å². The van der Waals surface area contributed by atoms with Crippen molar-refractivity contribution in [2.75, 3.05) is 13.2 Å². The smallest absolute Gasteiger partial charge is 0.305 e. The highest BCUT2D eigenvalue weighted by atomic mass is 16.5. The predicted octanol–water partition coefficient (Wildman–Crippen LogP) is 3.19. The molecule has 0 heterocycles. The van der Waals surface area contributed by atoms with Gasteiger partial charge in [0.2, 0.25) is 0 Å². The summed E-state index contributed by atoms with van der Waals surface area (Å²) in [4.78, 5) is 11.0. The summed E-state index contributed by atoms with van der Waals surface area (Å²) in [5.41, 5.74) is 0. The average Bonchev–Trinajstić information content (AvgIpc) is 2.35. The normalized spacial score (nSPS) is 9.94. The first-order chi connectivity index (χ1) is 8.33. The Bertz CT molecular complexity index is 309. The van der Waals surface area contributed by atoms with Crippen LogP contribution in [0.15, 0.2) is 30.3 Å². The van der Waals surface area contributed by atoms with E-state index in [2.05, 4.69) is 0 Å². The van der Waals surface area contributed by atoms with Gasteiger partial charge >= 0.3 is 5.97 Å². The van der Waals surface area contributed by atoms with Crippen molar-refractivity contribution in [2.24, 2.45) is 0 Å². The van der Waals surface area contributed by atoms with Gasteiger partial charge in [-0.05, 0) is 38.3 Å². The minimum atomic E-state index is -0.100. The summed E-state index contributed by atoms with van der Waals surface area (Å²) in [5.74, 6) is 0.800. The van der Waals surface area contributed by atoms with E-state index in [-0.39, 0.29) is 5.97 Å². The maximum atomic E-state index is 11.0. The number of rotatable bonds is 8. The van der Waals surface area contributed by atoms with Gasteiger partial charge in [-0.25, -0.2) is 0 Å². The van der Waals surface area contributed by atoms with Crippen molar-refractivity contribution in [1.29, 1.82) is 0 Å². The molecule has 94 valence electrons. The Hall–Kier alpha value is -1.51. The fourth-order valence-corrected chi connectivity index (χ4v) is 1.49. The molecule has 1 rings (SSSR count). The van der Waals surface area contributed by atoms with Gasteiger partial charge in [-0.2, -0.15) is 0 Å². The SMILES string of the molecule is CCOC(=O)CCCCCOc1ccccc1. The number of hydrogen-bond donors (Lipinski definition) is 0. The Morgan fingerprint density at radius 2 is 1.88 bits per heavy atom. The summed E-state index contributed by atoms with van der Waals surface area (Å²) >= 11 is 0. The number of hydrogen-bond acceptors (Lipinski definition) is 3. The summed E-state index contributed by atoms with van der Waals surface area (Å²) < 4.78 is 10.4. The molecule has 0 aliphatic rings. The Labute approximate surface area is 103 Å². The molecule has 3 heteroatoms. The third-order valence-corrected chi connectivity index (χ3v) is 2.34. The van der Waals surface area contributed by atoms with Gasteiger partial charge < -0.3 is 9.47 Å². The first kappa shape index (κ1) is 13.6. The quantitative estimate of drug-likeness (QED) is 0.513. The zero-order chi connectivity index (χ0) is 12.3. The maximum absolute atomic E-state index is 11.0. The summed E-state index contributed by atoms with van der Waals surface area (Å²) in [6.45, 7) is 2.99. The van der Waals surface area contributed by atoms with Crippen LogP contribution in [-0.2, 0) is 9.53 Å². The lowest BCUT2D eigenvalue weighted by atomic mass is 10.2. The van der Waals surface area contributed by atoms with Gasteiger partial charge in [0.05, 0.1) is 13.2 Å². The fraction of sp³-hybridized carbons (Fsp3) is 0.500. The van der Waals surface area contributed by atoms with Crippen molar-refractivity contribution in [3.05, 3.63) is 30.3 Å². The largest absolute Gasteiger partial charge is 0.494 e. The van der Waals surface area contributed by atoms with Gasteiger partial charge in [0.1, 0.15) is 5.75 Å². The van der Waals surface area contributed by atoms with Crippen LogP contribution in [0.5, 0.6) is 5.75 Å². The van der Waals surface area contributed by atoms with E-state index in [1.165, 1.54) is 0 Å². The second-order valence-electron chi connectivity index (χ2n) is 3.78. The van der Waals surface area contributed by atoms with E-state index in [0.29, 0.717) is 19.6 Å². The van der Waals surface area contributed by atoms with Gasteiger partial charge in [-0.1, -0.05) is 18.2 Å². The molecule has 1 aromatic rings. The fourth-order valence-electron chi connectivity index (χ4n) is 1.49. The highest BCUT2D eigenvalue weighted by Gasteiger charge is 2.00. The minimum absolute atomic E-state index is 0.100. The summed E-state index contributed by atoms with van der Waals surface area (Å²) in [6.07, 6.45) is 3.34. The molecule has 17 heavy (non-hydrogen) atoms. The monoisotopic (exact) mass is 236 g/mol. The van der Waals surface area contributed by atoms with Crippen LogP contribution in [0.1, 0.15) is 32.6 Å². The number of unbranched alkanes of at least 4 members (excludes halogenated alkanes) is 2. The van der Waals surface area contributed by atoms with Crippen LogP contribution in [-0.4, -0.2) is 19.2 Å². The summed E-state index contributed by atoms with van der Waals surface area (Å²) in [6, 6.07) is 9.76. The highest BCUT2D eigenvalue weighted by Crippen LogP contribution is 2.09. The lowest BCUT2D eigenvalue weighted by Gasteiger charge is -2.05. The summed E-state index contributed by atoms with van der Waals surface area (Å²) in [5, 5.41) is 0. The highest BCUT2D eigenvalue weighted by molar-refractivity contribution is 5.69. The molecule has 0 aromatic heterocycles. The molecule has 0 saturated carbocycles. The first-order valence-electron chi connectivity index (χ1n) is 6.16. The number of benzene rings is 1. The van der Waals surface area contributed by atoms with Crippen LogP contribution in [0.25, 0.3) is 0 Å². The topological polar surface area (TPSA) is 35.5 Å². The van der Waals surface area contributed by atoms with Crippen LogP contribution < -0.4 is 4.74 Å². The van der Waals surface area contributed by atoms with Crippen LogP contribution in [0.3, 0.4) is 0 Å². The Balaban J connectivity index is 1.96. The lowest BCUT2D eigenvalue weighted by molar-refractivity contribution is -0.143. The second kappa shape index (κ2) is 8.62. The predicted molar refractivity (Wildman–Crippen MR) is 67.0 cm³/mol. The standard InChI is InChI=1S/C14H20O3/c1-2-16-14(15)11-7-4-8-12-17-13-9-5-3-6-10-13/h3,5-6,9-10H,2,4,7-8,11-12H2,1H3. The Morgan fingerprint density at radius 3 is 2.59 bits per heavy atom. The first-order valence-corrected chi connectivity index (χ1v) is 6.16. The van der Waals surface area contributed by atoms with Crippen molar-refractivity contribution in [2.45, 2.75) is 32.6 Å². The molecule has 0 saturated heterocycles. The van der Waals surface area contributed by atoms with Gasteiger partial charge in [-0.3, -0.25) is 4.79 Å². The van der Waals surface area contributed by atoms with E-state index in [0.717, 1.165) is 25.0 Å². The van der Waals surface area contributed by atoms with Gasteiger partial charge in [-0.15, -0.1) is 0 Å². The van der Waals surface area contributed by atoms with Crippen LogP contribution in [0.4, 0.5) is 0 Å². The van der Waals surface area contributed by atoms with E-state index >= 15 is 0 Å². The van der Waals surface area contributed by atoms with Crippen LogP contribution >= 0.6 is 0 Å². The number of esters is 1. The molecule has 3 nitrogen and oxygen atoms in total. The second-order valence-corrected chi connectivity index (χ2v) is 3.78. The zero-order valence-electron chi connectivity index (χ0n) is 10.4. The number of para-hydroxylation sites is 1. The maximum Gasteiger partial charge on any atom is 0.305 e. The zero-order valence-corrected chi connectivity index (χ0v) is 10.4. The van der Waals surface area contributed by atoms with Crippen LogP contribution in [0.2, 0.25) is 0 Å². The van der Waals surface area contributed by atoms with E-state index < -0.39 is 0 Å². The summed E-state index contributed by atoms with van der Waals surface area (Å²) in [7, 11) is 0. The molecule has 0 N–H and O–H groups in total. The number of carbonyl (C=O) groups is 1. The van der Waals surface area contributed by atoms with E-state index in [1.54, 1.807) is 0 Å². The Kier molecular flexibility index (Phi) is 6.87. The van der Waals surface area contributed by atoms with Crippen molar-refractivity contribution in [3.63, 3.8) is 0 Å². The van der Waals surface area contributed by atoms with E-state index in [4.69, 9.17) is 9.47 Å². The number of ether oxygens (including phenoxy) is 2. The number of carbonyl (C=O) groups excluding carboxylic acids is 1. The van der Waals surface area contributed by atoms with Crippen molar-refractivity contribution in [1.82, 2.24) is 0 Å². The van der Waals surface area contributed by atoms with Gasteiger partial charge in [0.25, 0.3) is 0 Å². The molecular weight excluding hydrogens is 216 g/mol. The van der Waals surface area contributed by atoms with Crippen LogP contribution in [0, 0.1) is 0 Å². The van der Waals surface area contributed by atoms with E-state index in [1.807, 2.05) is 37.3 Å². The van der Waals surface area contributed by atoms with Gasteiger partial charge in [0.15, 0.2) is 0 Å². The molecule has 0 bridgehead atoms. The molecule has 0 spiro atoms. The Morgan fingerprint density at radius 1 is 1.12 bits per heavy atom. The molecule has 0 aliphatic carbocycles. The molecule has 0 atom stereocenters. The van der Waals surface area contributed by atoms with E-state index in [9.17, 15) is 4.79 Å². The third kappa shape index (κ3) is 6.61. The molecular formula is C14H20O3. The molecule has 0 radical (unpaired) electrons. The molecule has 0 aliphatic heterocycles. The molecule has 0 amide bonds. The molecule has 1 aromatic carbocycles. The van der Waals surface area contributed by atoms with Crippen molar-refractivity contribution < 1.29 is 14.3 Å². The minimum Gasteiger partial charge on any atom is -0.494 e. The molecule has 0 unspecified atom stereocenters. The average molecular weight is 236 g/mol. The van der Waals surface area contributed by atoms with Gasteiger partial charge in [0, 0.05) is 6.42 Å². The van der Waals surface area contributed by atoms with Crippen molar-refractivity contribution in [3.8, 4) is 5.75 Å². The molecule has 0 fully saturated rings. The third-order valence-electron chi connectivity index (χ3n) is 2.34.